The summed E-state index contributed by atoms with van der Waals surface area (Å²) in [4.78, 5) is 0. The Hall–Kier alpha value is -1.45. The molecule has 2 rings (SSSR count). The summed E-state index contributed by atoms with van der Waals surface area (Å²) in [5.41, 5.74) is 1.90. The van der Waals surface area contributed by atoms with Crippen LogP contribution >= 0.6 is 11.6 Å². The lowest BCUT2D eigenvalue weighted by atomic mass is 9.99. The number of likely N-dealkylation sites (N-methyl/N-ethyl adjacent to an activating group) is 1. The minimum absolute atomic E-state index is 0.133. The van der Waals surface area contributed by atoms with Crippen LogP contribution in [0.5, 0.6) is 0 Å². The predicted molar refractivity (Wildman–Crippen MR) is 82.7 cm³/mol. The maximum atomic E-state index is 13.2. The molecule has 0 fully saturated rings. The summed E-state index contributed by atoms with van der Waals surface area (Å²) in [6.45, 7) is 2.84. The van der Waals surface area contributed by atoms with Crippen molar-refractivity contribution in [1.29, 1.82) is 0 Å². The number of benzene rings is 2. The average Bonchev–Trinajstić information content (AvgIpc) is 2.43. The Bertz CT molecular complexity index is 601. The molecule has 2 aromatic carbocycles. The molecular weight excluding hydrogens is 292 g/mol. The third-order valence-corrected chi connectivity index (χ3v) is 3.62. The fourth-order valence-electron chi connectivity index (χ4n) is 2.40. The van der Waals surface area contributed by atoms with E-state index in [4.69, 9.17) is 11.6 Å². The van der Waals surface area contributed by atoms with Crippen LogP contribution in [-0.2, 0) is 12.8 Å². The Morgan fingerprint density at radius 3 is 2.38 bits per heavy atom. The van der Waals surface area contributed by atoms with E-state index in [0.717, 1.165) is 17.7 Å². The third-order valence-electron chi connectivity index (χ3n) is 3.33. The van der Waals surface area contributed by atoms with E-state index in [1.165, 1.54) is 12.1 Å². The van der Waals surface area contributed by atoms with Gasteiger partial charge in [-0.25, -0.2) is 8.78 Å². The highest BCUT2D eigenvalue weighted by atomic mass is 35.5. The summed E-state index contributed by atoms with van der Waals surface area (Å²) < 4.78 is 26.4. The Morgan fingerprint density at radius 2 is 1.76 bits per heavy atom. The van der Waals surface area contributed by atoms with E-state index in [1.54, 1.807) is 24.3 Å². The fraction of sp³-hybridized carbons (Fsp3) is 0.294. The first-order chi connectivity index (χ1) is 10.1. The molecule has 21 heavy (non-hydrogen) atoms. The number of nitrogens with one attached hydrogen (secondary N) is 1. The normalized spacial score (nSPS) is 12.4. The van der Waals surface area contributed by atoms with Gasteiger partial charge in [-0.1, -0.05) is 36.7 Å². The molecule has 0 amide bonds. The van der Waals surface area contributed by atoms with Crippen LogP contribution in [-0.4, -0.2) is 12.6 Å². The van der Waals surface area contributed by atoms with Gasteiger partial charge in [-0.15, -0.1) is 0 Å². The molecule has 0 radical (unpaired) electrons. The average molecular weight is 310 g/mol. The quantitative estimate of drug-likeness (QED) is 0.835. The van der Waals surface area contributed by atoms with E-state index in [2.05, 4.69) is 5.32 Å². The first kappa shape index (κ1) is 15.9. The highest BCUT2D eigenvalue weighted by molar-refractivity contribution is 6.30. The van der Waals surface area contributed by atoms with Crippen LogP contribution in [0, 0.1) is 11.6 Å². The van der Waals surface area contributed by atoms with Crippen LogP contribution < -0.4 is 5.32 Å². The zero-order valence-electron chi connectivity index (χ0n) is 11.9. The summed E-state index contributed by atoms with van der Waals surface area (Å²) in [7, 11) is 0. The Kier molecular flexibility index (Phi) is 5.71. The van der Waals surface area contributed by atoms with Gasteiger partial charge < -0.3 is 5.32 Å². The predicted octanol–water partition coefficient (Wildman–Crippen LogP) is 4.38. The number of rotatable bonds is 6. The van der Waals surface area contributed by atoms with Crippen LogP contribution in [0.1, 0.15) is 18.1 Å². The molecule has 1 nitrogen and oxygen atoms in total. The lowest BCUT2D eigenvalue weighted by Crippen LogP contribution is -2.33. The number of halogens is 3. The molecule has 0 aliphatic carbocycles. The molecule has 1 N–H and O–H groups in total. The first-order valence-electron chi connectivity index (χ1n) is 7.00. The minimum Gasteiger partial charge on any atom is -0.314 e. The van der Waals surface area contributed by atoms with Gasteiger partial charge in [0.25, 0.3) is 0 Å². The van der Waals surface area contributed by atoms with Crippen molar-refractivity contribution in [3.8, 4) is 0 Å². The van der Waals surface area contributed by atoms with Crippen LogP contribution in [0.25, 0.3) is 0 Å². The SMILES string of the molecule is CCNC(Cc1cccc(F)c1)Cc1ccc(F)c(Cl)c1. The van der Waals surface area contributed by atoms with E-state index in [1.807, 2.05) is 13.0 Å². The molecule has 0 saturated carbocycles. The highest BCUT2D eigenvalue weighted by Crippen LogP contribution is 2.18. The summed E-state index contributed by atoms with van der Waals surface area (Å²) in [5.74, 6) is -0.641. The smallest absolute Gasteiger partial charge is 0.141 e. The van der Waals surface area contributed by atoms with Gasteiger partial charge in [-0.3, -0.25) is 0 Å². The van der Waals surface area contributed by atoms with Crippen molar-refractivity contribution < 1.29 is 8.78 Å². The van der Waals surface area contributed by atoms with Gasteiger partial charge in [0.05, 0.1) is 5.02 Å². The van der Waals surface area contributed by atoms with Gasteiger partial charge in [0.1, 0.15) is 11.6 Å². The lowest BCUT2D eigenvalue weighted by Gasteiger charge is -2.18. The molecular formula is C17H18ClF2N. The molecule has 0 bridgehead atoms. The van der Waals surface area contributed by atoms with Gasteiger partial charge in [0, 0.05) is 6.04 Å². The van der Waals surface area contributed by atoms with Crippen molar-refractivity contribution in [1.82, 2.24) is 5.32 Å². The van der Waals surface area contributed by atoms with Crippen molar-refractivity contribution in [3.63, 3.8) is 0 Å². The summed E-state index contributed by atoms with van der Waals surface area (Å²) in [6, 6.07) is 11.5. The van der Waals surface area contributed by atoms with E-state index in [0.29, 0.717) is 12.8 Å². The highest BCUT2D eigenvalue weighted by Gasteiger charge is 2.11. The summed E-state index contributed by atoms with van der Waals surface area (Å²) >= 11 is 5.81. The molecule has 4 heteroatoms. The molecule has 1 unspecified atom stereocenters. The Balaban J connectivity index is 2.09. The van der Waals surface area contributed by atoms with Gasteiger partial charge in [-0.05, 0) is 54.8 Å². The van der Waals surface area contributed by atoms with E-state index < -0.39 is 5.82 Å². The minimum atomic E-state index is -0.412. The second-order valence-corrected chi connectivity index (χ2v) is 5.45. The molecule has 0 heterocycles. The van der Waals surface area contributed by atoms with E-state index in [-0.39, 0.29) is 16.9 Å². The molecule has 112 valence electrons. The van der Waals surface area contributed by atoms with Crippen LogP contribution in [0.15, 0.2) is 42.5 Å². The standard InChI is InChI=1S/C17H18ClF2N/c1-2-21-15(9-12-4-3-5-14(19)8-12)10-13-6-7-17(20)16(18)11-13/h3-8,11,15,21H,2,9-10H2,1H3. The monoisotopic (exact) mass is 309 g/mol. The molecule has 1 atom stereocenters. The lowest BCUT2D eigenvalue weighted by molar-refractivity contribution is 0.519. The maximum Gasteiger partial charge on any atom is 0.141 e. The maximum absolute atomic E-state index is 13.2. The van der Waals surface area contributed by atoms with Crippen molar-refractivity contribution >= 4 is 11.6 Å². The topological polar surface area (TPSA) is 12.0 Å². The van der Waals surface area contributed by atoms with Gasteiger partial charge in [-0.2, -0.15) is 0 Å². The molecule has 0 aliphatic rings. The van der Waals surface area contributed by atoms with Crippen molar-refractivity contribution in [2.75, 3.05) is 6.54 Å². The summed E-state index contributed by atoms with van der Waals surface area (Å²) in [6.07, 6.45) is 1.42. The third kappa shape index (κ3) is 4.80. The second-order valence-electron chi connectivity index (χ2n) is 5.04. The van der Waals surface area contributed by atoms with Crippen LogP contribution in [0.2, 0.25) is 5.02 Å². The van der Waals surface area contributed by atoms with Gasteiger partial charge in [0.15, 0.2) is 0 Å². The van der Waals surface area contributed by atoms with Crippen LogP contribution in [0.4, 0.5) is 8.78 Å². The fourth-order valence-corrected chi connectivity index (χ4v) is 2.61. The molecule has 0 spiro atoms. The van der Waals surface area contributed by atoms with Gasteiger partial charge in [0.2, 0.25) is 0 Å². The largest absolute Gasteiger partial charge is 0.314 e. The van der Waals surface area contributed by atoms with E-state index >= 15 is 0 Å². The zero-order chi connectivity index (χ0) is 15.2. The molecule has 0 saturated heterocycles. The van der Waals surface area contributed by atoms with E-state index in [9.17, 15) is 8.78 Å². The number of hydrogen-bond donors (Lipinski definition) is 1. The van der Waals surface area contributed by atoms with Gasteiger partial charge >= 0.3 is 0 Å². The second kappa shape index (κ2) is 7.53. The Labute approximate surface area is 128 Å². The molecule has 0 aliphatic heterocycles. The summed E-state index contributed by atoms with van der Waals surface area (Å²) in [5, 5.41) is 3.51. The first-order valence-corrected chi connectivity index (χ1v) is 7.38. The Morgan fingerprint density at radius 1 is 1.05 bits per heavy atom. The zero-order valence-corrected chi connectivity index (χ0v) is 12.6. The molecule has 0 aromatic heterocycles. The van der Waals surface area contributed by atoms with Crippen LogP contribution in [0.3, 0.4) is 0 Å². The van der Waals surface area contributed by atoms with Crippen molar-refractivity contribution in [2.24, 2.45) is 0 Å². The van der Waals surface area contributed by atoms with Crippen molar-refractivity contribution in [2.45, 2.75) is 25.8 Å². The van der Waals surface area contributed by atoms with Crippen molar-refractivity contribution in [3.05, 3.63) is 70.2 Å². The molecule has 2 aromatic rings. The number of hydrogen-bond acceptors (Lipinski definition) is 1.